The van der Waals surface area contributed by atoms with Crippen LogP contribution in [0, 0.1) is 0 Å². The molecule has 1 heteroatoms. The van der Waals surface area contributed by atoms with Crippen molar-refractivity contribution < 1.29 is 0 Å². The van der Waals surface area contributed by atoms with Crippen LogP contribution in [0.1, 0.15) is 22.6 Å². The summed E-state index contributed by atoms with van der Waals surface area (Å²) in [4.78, 5) is 2.41. The second-order valence-corrected chi connectivity index (χ2v) is 12.6. The van der Waals surface area contributed by atoms with E-state index in [9.17, 15) is 0 Å². The van der Waals surface area contributed by atoms with Crippen LogP contribution in [0.25, 0.3) is 44.2 Å². The van der Waals surface area contributed by atoms with Gasteiger partial charge in [-0.1, -0.05) is 152 Å². The van der Waals surface area contributed by atoms with Gasteiger partial charge in [0.15, 0.2) is 0 Å². The summed E-state index contributed by atoms with van der Waals surface area (Å²) in [7, 11) is 0. The Hall–Kier alpha value is -6.18. The fourth-order valence-corrected chi connectivity index (χ4v) is 7.45. The van der Waals surface area contributed by atoms with Gasteiger partial charge < -0.3 is 4.90 Å². The van der Waals surface area contributed by atoms with Crippen molar-refractivity contribution in [2.75, 3.05) is 4.90 Å². The van der Waals surface area contributed by atoms with Gasteiger partial charge in [-0.15, -0.1) is 0 Å². The van der Waals surface area contributed by atoms with Crippen molar-refractivity contribution in [3.8, 4) is 33.4 Å². The zero-order valence-corrected chi connectivity index (χ0v) is 26.5. The molecule has 0 saturated heterocycles. The third-order valence-electron chi connectivity index (χ3n) is 9.68. The first kappa shape index (κ1) is 28.1. The van der Waals surface area contributed by atoms with E-state index in [1.54, 1.807) is 0 Å². The number of fused-ring (bicyclic) bond motifs is 4. The Bertz CT molecular complexity index is 2350. The average molecular weight is 612 g/mol. The number of hydrogen-bond donors (Lipinski definition) is 0. The minimum atomic E-state index is 0.144. The standard InChI is InChI=1S/C47H33N/c1-4-14-33(15-5-1)35-24-25-37-30-41(27-26-36(37)28-35)48(40-18-8-3-9-19-40)42-31-38(34-16-6-2-7-17-34)29-39(32-42)47-45-22-12-10-20-43(45)44-21-11-13-23-46(44)47/h1-32,47H. The highest BCUT2D eigenvalue weighted by atomic mass is 15.1. The molecule has 9 rings (SSSR count). The summed E-state index contributed by atoms with van der Waals surface area (Å²) in [5.74, 6) is 0.144. The lowest BCUT2D eigenvalue weighted by molar-refractivity contribution is 1.01. The molecule has 0 radical (unpaired) electrons. The zero-order chi connectivity index (χ0) is 31.9. The first-order valence-electron chi connectivity index (χ1n) is 16.6. The molecule has 0 unspecified atom stereocenters. The second kappa shape index (κ2) is 11.9. The first-order chi connectivity index (χ1) is 23.8. The number of hydrogen-bond acceptors (Lipinski definition) is 1. The summed E-state index contributed by atoms with van der Waals surface area (Å²) in [5, 5.41) is 2.44. The van der Waals surface area contributed by atoms with Crippen molar-refractivity contribution in [2.24, 2.45) is 0 Å². The maximum atomic E-state index is 2.41. The SMILES string of the molecule is c1ccc(-c2cc(C3c4ccccc4-c4ccccc43)cc(N(c3ccccc3)c3ccc4cc(-c5ccccc5)ccc4c3)c2)cc1. The Morgan fingerprint density at radius 2 is 0.854 bits per heavy atom. The van der Waals surface area contributed by atoms with E-state index in [2.05, 4.69) is 199 Å². The van der Waals surface area contributed by atoms with Gasteiger partial charge in [-0.2, -0.15) is 0 Å². The smallest absolute Gasteiger partial charge is 0.0470 e. The molecule has 1 aliphatic rings. The maximum absolute atomic E-state index is 2.41. The van der Waals surface area contributed by atoms with Gasteiger partial charge in [0.05, 0.1) is 0 Å². The third kappa shape index (κ3) is 4.98. The van der Waals surface area contributed by atoms with E-state index in [0.29, 0.717) is 0 Å². The normalized spacial score (nSPS) is 12.1. The van der Waals surface area contributed by atoms with Crippen LogP contribution in [0.15, 0.2) is 194 Å². The molecule has 0 aromatic heterocycles. The molecular formula is C47H33N. The highest BCUT2D eigenvalue weighted by Crippen LogP contribution is 2.50. The molecule has 0 fully saturated rings. The van der Waals surface area contributed by atoms with Crippen LogP contribution in [0.4, 0.5) is 17.1 Å². The van der Waals surface area contributed by atoms with Crippen LogP contribution >= 0.6 is 0 Å². The van der Waals surface area contributed by atoms with Crippen molar-refractivity contribution in [3.63, 3.8) is 0 Å². The van der Waals surface area contributed by atoms with Crippen LogP contribution in [-0.2, 0) is 0 Å². The van der Waals surface area contributed by atoms with Crippen LogP contribution in [0.3, 0.4) is 0 Å². The number of anilines is 3. The van der Waals surface area contributed by atoms with Gasteiger partial charge in [-0.3, -0.25) is 0 Å². The summed E-state index contributed by atoms with van der Waals surface area (Å²) in [6.45, 7) is 0. The van der Waals surface area contributed by atoms with E-state index in [1.807, 2.05) is 0 Å². The molecule has 0 amide bonds. The molecule has 0 N–H and O–H groups in total. The van der Waals surface area contributed by atoms with Gasteiger partial charge in [0.2, 0.25) is 0 Å². The molecule has 1 nitrogen and oxygen atoms in total. The van der Waals surface area contributed by atoms with Gasteiger partial charge in [-0.05, 0) is 103 Å². The van der Waals surface area contributed by atoms with Crippen LogP contribution in [0.5, 0.6) is 0 Å². The lowest BCUT2D eigenvalue weighted by Crippen LogP contribution is -2.11. The number of rotatable bonds is 6. The van der Waals surface area contributed by atoms with Crippen LogP contribution in [0.2, 0.25) is 0 Å². The molecule has 0 spiro atoms. The summed E-state index contributed by atoms with van der Waals surface area (Å²) >= 11 is 0. The third-order valence-corrected chi connectivity index (χ3v) is 9.68. The summed E-state index contributed by atoms with van der Waals surface area (Å²) in [5.41, 5.74) is 14.9. The van der Waals surface area contributed by atoms with Crippen molar-refractivity contribution in [1.29, 1.82) is 0 Å². The fraction of sp³-hybridized carbons (Fsp3) is 0.0213. The highest BCUT2D eigenvalue weighted by Gasteiger charge is 2.30. The van der Waals surface area contributed by atoms with E-state index >= 15 is 0 Å². The lowest BCUT2D eigenvalue weighted by atomic mass is 9.87. The minimum Gasteiger partial charge on any atom is -0.310 e. The molecule has 8 aromatic rings. The Balaban J connectivity index is 1.24. The van der Waals surface area contributed by atoms with Gasteiger partial charge >= 0.3 is 0 Å². The largest absolute Gasteiger partial charge is 0.310 e. The molecule has 0 bridgehead atoms. The van der Waals surface area contributed by atoms with Crippen molar-refractivity contribution in [2.45, 2.75) is 5.92 Å². The van der Waals surface area contributed by atoms with E-state index < -0.39 is 0 Å². The monoisotopic (exact) mass is 611 g/mol. The molecule has 1 aliphatic carbocycles. The second-order valence-electron chi connectivity index (χ2n) is 12.6. The van der Waals surface area contributed by atoms with Crippen molar-refractivity contribution >= 4 is 27.8 Å². The highest BCUT2D eigenvalue weighted by molar-refractivity contribution is 5.93. The number of benzene rings is 8. The van der Waals surface area contributed by atoms with E-state index in [1.165, 1.54) is 60.8 Å². The Kier molecular flexibility index (Phi) is 6.95. The van der Waals surface area contributed by atoms with Gasteiger partial charge in [-0.25, -0.2) is 0 Å². The van der Waals surface area contributed by atoms with Crippen LogP contribution in [-0.4, -0.2) is 0 Å². The molecule has 226 valence electrons. The Morgan fingerprint density at radius 1 is 0.312 bits per heavy atom. The minimum absolute atomic E-state index is 0.144. The first-order valence-corrected chi connectivity index (χ1v) is 16.6. The van der Waals surface area contributed by atoms with Gasteiger partial charge in [0.1, 0.15) is 0 Å². The summed E-state index contributed by atoms with van der Waals surface area (Å²) < 4.78 is 0. The van der Waals surface area contributed by atoms with Gasteiger partial charge in [0.25, 0.3) is 0 Å². The zero-order valence-electron chi connectivity index (χ0n) is 26.5. The molecule has 0 atom stereocenters. The quantitative estimate of drug-likeness (QED) is 0.181. The number of para-hydroxylation sites is 1. The Labute approximate surface area is 282 Å². The van der Waals surface area contributed by atoms with Gasteiger partial charge in [0, 0.05) is 23.0 Å². The predicted molar refractivity (Wildman–Crippen MR) is 202 cm³/mol. The van der Waals surface area contributed by atoms with E-state index in [4.69, 9.17) is 0 Å². The molecule has 0 saturated carbocycles. The van der Waals surface area contributed by atoms with Crippen molar-refractivity contribution in [1.82, 2.24) is 0 Å². The summed E-state index contributed by atoms with van der Waals surface area (Å²) in [6, 6.07) is 70.7. The van der Waals surface area contributed by atoms with E-state index in [-0.39, 0.29) is 5.92 Å². The lowest BCUT2D eigenvalue weighted by Gasteiger charge is -2.28. The number of nitrogens with zero attached hydrogens (tertiary/aromatic N) is 1. The van der Waals surface area contributed by atoms with Crippen molar-refractivity contribution in [3.05, 3.63) is 211 Å². The topological polar surface area (TPSA) is 3.24 Å². The molecule has 8 aromatic carbocycles. The molecular weight excluding hydrogens is 579 g/mol. The maximum Gasteiger partial charge on any atom is 0.0470 e. The Morgan fingerprint density at radius 3 is 1.52 bits per heavy atom. The average Bonchev–Trinajstić information content (AvgIpc) is 3.50. The molecule has 48 heavy (non-hydrogen) atoms. The summed E-state index contributed by atoms with van der Waals surface area (Å²) in [6.07, 6.45) is 0. The van der Waals surface area contributed by atoms with E-state index in [0.717, 1.165) is 17.1 Å². The van der Waals surface area contributed by atoms with Crippen LogP contribution < -0.4 is 4.90 Å². The predicted octanol–water partition coefficient (Wildman–Crippen LogP) is 12.8. The molecule has 0 aliphatic heterocycles. The molecule has 0 heterocycles. The fourth-order valence-electron chi connectivity index (χ4n) is 7.45.